The Kier molecular flexibility index (Phi) is 4.67. The number of nitrogens with zero attached hydrogens (tertiary/aromatic N) is 4. The van der Waals surface area contributed by atoms with Crippen LogP contribution in [0.15, 0.2) is 11.1 Å². The fourth-order valence-corrected chi connectivity index (χ4v) is 6.98. The highest BCUT2D eigenvalue weighted by Gasteiger charge is 2.46. The average Bonchev–Trinajstić information content (AvgIpc) is 2.94. The van der Waals surface area contributed by atoms with Gasteiger partial charge in [-0.15, -0.1) is 0 Å². The SMILES string of the molecule is Cc1c(S(=O)(=O)N2C[C@@H]3CCC[C@@H](C2)C3N2CCCCC2)cnn1C. The fraction of sp³-hybridized carbons (Fsp3) is 0.833. The van der Waals surface area contributed by atoms with E-state index in [9.17, 15) is 8.42 Å². The van der Waals surface area contributed by atoms with E-state index < -0.39 is 10.0 Å². The minimum Gasteiger partial charge on any atom is -0.300 e. The summed E-state index contributed by atoms with van der Waals surface area (Å²) < 4.78 is 29.8. The van der Waals surface area contributed by atoms with Crippen molar-refractivity contribution in [1.82, 2.24) is 19.0 Å². The molecule has 7 heteroatoms. The molecule has 3 aliphatic rings. The minimum atomic E-state index is -3.44. The summed E-state index contributed by atoms with van der Waals surface area (Å²) in [4.78, 5) is 3.06. The summed E-state index contributed by atoms with van der Waals surface area (Å²) in [6, 6.07) is 0.593. The molecule has 1 aromatic heterocycles. The van der Waals surface area contributed by atoms with E-state index in [4.69, 9.17) is 0 Å². The summed E-state index contributed by atoms with van der Waals surface area (Å²) in [5.74, 6) is 0.967. The van der Waals surface area contributed by atoms with Crippen molar-refractivity contribution in [2.75, 3.05) is 26.2 Å². The lowest BCUT2D eigenvalue weighted by Gasteiger charge is -2.51. The van der Waals surface area contributed by atoms with Crippen molar-refractivity contribution >= 4 is 10.0 Å². The number of sulfonamides is 1. The summed E-state index contributed by atoms with van der Waals surface area (Å²) in [6.07, 6.45) is 9.03. The maximum absolute atomic E-state index is 13.2. The van der Waals surface area contributed by atoms with E-state index in [1.54, 1.807) is 16.0 Å². The number of rotatable bonds is 3. The van der Waals surface area contributed by atoms with Crippen LogP contribution in [0.4, 0.5) is 0 Å². The van der Waals surface area contributed by atoms with Crippen LogP contribution < -0.4 is 0 Å². The molecule has 3 heterocycles. The van der Waals surface area contributed by atoms with Gasteiger partial charge in [0, 0.05) is 26.2 Å². The average molecular weight is 367 g/mol. The van der Waals surface area contributed by atoms with Gasteiger partial charge in [-0.2, -0.15) is 9.40 Å². The van der Waals surface area contributed by atoms with E-state index in [1.807, 2.05) is 6.92 Å². The number of fused-ring (bicyclic) bond motifs is 2. The molecule has 2 aliphatic heterocycles. The van der Waals surface area contributed by atoms with Gasteiger partial charge in [-0.25, -0.2) is 8.42 Å². The summed E-state index contributed by atoms with van der Waals surface area (Å²) in [7, 11) is -1.64. The van der Waals surface area contributed by atoms with Crippen molar-refractivity contribution in [1.29, 1.82) is 0 Å². The van der Waals surface area contributed by atoms with Crippen LogP contribution >= 0.6 is 0 Å². The quantitative estimate of drug-likeness (QED) is 0.821. The molecule has 0 aromatic carbocycles. The van der Waals surface area contributed by atoms with E-state index in [-0.39, 0.29) is 0 Å². The third-order valence-electron chi connectivity index (χ3n) is 6.61. The molecule has 0 radical (unpaired) electrons. The van der Waals surface area contributed by atoms with Crippen LogP contribution in [0.3, 0.4) is 0 Å². The van der Waals surface area contributed by atoms with E-state index in [0.717, 1.165) is 18.5 Å². The highest BCUT2D eigenvalue weighted by Crippen LogP contribution is 2.40. The molecule has 0 amide bonds. The lowest BCUT2D eigenvalue weighted by Crippen LogP contribution is -2.59. The van der Waals surface area contributed by atoms with Gasteiger partial charge >= 0.3 is 0 Å². The Hall–Kier alpha value is -0.920. The Morgan fingerprint density at radius 1 is 1.04 bits per heavy atom. The zero-order valence-electron chi connectivity index (χ0n) is 15.4. The molecule has 1 saturated carbocycles. The van der Waals surface area contributed by atoms with Crippen LogP contribution in [0.5, 0.6) is 0 Å². The standard InChI is InChI=1S/C18H30N4O2S/c1-14-17(11-19-20(14)2)25(23,24)22-12-15-7-6-8-16(13-22)18(15)21-9-4-3-5-10-21/h11,15-16,18H,3-10,12-13H2,1-2H3/t15-,16-/m0/s1. The largest absolute Gasteiger partial charge is 0.300 e. The summed E-state index contributed by atoms with van der Waals surface area (Å²) in [5.41, 5.74) is 0.725. The lowest BCUT2D eigenvalue weighted by atomic mass is 9.73. The maximum Gasteiger partial charge on any atom is 0.246 e. The molecule has 1 aliphatic carbocycles. The van der Waals surface area contributed by atoms with Crippen molar-refractivity contribution in [3.05, 3.63) is 11.9 Å². The predicted molar refractivity (Wildman–Crippen MR) is 96.7 cm³/mol. The van der Waals surface area contributed by atoms with Crippen molar-refractivity contribution < 1.29 is 8.42 Å². The van der Waals surface area contributed by atoms with Gasteiger partial charge in [0.05, 0.1) is 11.9 Å². The second kappa shape index (κ2) is 6.67. The van der Waals surface area contributed by atoms with Crippen LogP contribution in [-0.2, 0) is 17.1 Å². The molecule has 2 saturated heterocycles. The summed E-state index contributed by atoms with van der Waals surface area (Å²) in [5, 5.41) is 4.14. The molecule has 140 valence electrons. The van der Waals surface area contributed by atoms with Crippen LogP contribution in [0.25, 0.3) is 0 Å². The van der Waals surface area contributed by atoms with Crippen LogP contribution in [0.2, 0.25) is 0 Å². The second-order valence-electron chi connectivity index (χ2n) is 8.08. The Morgan fingerprint density at radius 2 is 1.68 bits per heavy atom. The van der Waals surface area contributed by atoms with Crippen molar-refractivity contribution in [2.24, 2.45) is 18.9 Å². The molecule has 0 spiro atoms. The number of hydrogen-bond acceptors (Lipinski definition) is 4. The first-order valence-electron chi connectivity index (χ1n) is 9.71. The highest BCUT2D eigenvalue weighted by atomic mass is 32.2. The van der Waals surface area contributed by atoms with Gasteiger partial charge in [-0.3, -0.25) is 9.58 Å². The number of likely N-dealkylation sites (tertiary alicyclic amines) is 1. The normalized spacial score (nSPS) is 32.0. The molecule has 3 fully saturated rings. The van der Waals surface area contributed by atoms with Crippen molar-refractivity contribution in [2.45, 2.75) is 56.4 Å². The van der Waals surface area contributed by atoms with E-state index in [1.165, 1.54) is 45.0 Å². The number of piperidine rings is 2. The smallest absolute Gasteiger partial charge is 0.246 e. The summed E-state index contributed by atoms with van der Waals surface area (Å²) >= 11 is 0. The molecule has 2 bridgehead atoms. The van der Waals surface area contributed by atoms with E-state index in [2.05, 4.69) is 10.00 Å². The third kappa shape index (κ3) is 3.04. The van der Waals surface area contributed by atoms with Gasteiger partial charge in [-0.05, 0) is 57.5 Å². The highest BCUT2D eigenvalue weighted by molar-refractivity contribution is 7.89. The Labute approximate surface area is 151 Å². The maximum atomic E-state index is 13.2. The van der Waals surface area contributed by atoms with Crippen LogP contribution in [-0.4, -0.2) is 59.6 Å². The molecule has 25 heavy (non-hydrogen) atoms. The second-order valence-corrected chi connectivity index (χ2v) is 9.98. The Morgan fingerprint density at radius 3 is 2.24 bits per heavy atom. The van der Waals surface area contributed by atoms with Crippen LogP contribution in [0.1, 0.15) is 44.2 Å². The lowest BCUT2D eigenvalue weighted by molar-refractivity contribution is -0.00312. The summed E-state index contributed by atoms with van der Waals surface area (Å²) in [6.45, 7) is 5.59. The topological polar surface area (TPSA) is 58.4 Å². The molecule has 0 unspecified atom stereocenters. The van der Waals surface area contributed by atoms with Gasteiger partial charge in [-0.1, -0.05) is 12.8 Å². The van der Waals surface area contributed by atoms with E-state index in [0.29, 0.717) is 35.9 Å². The van der Waals surface area contributed by atoms with Crippen LogP contribution in [0, 0.1) is 18.8 Å². The van der Waals surface area contributed by atoms with Gasteiger partial charge in [0.1, 0.15) is 4.90 Å². The number of aryl methyl sites for hydroxylation is 1. The molecule has 6 nitrogen and oxygen atoms in total. The zero-order valence-corrected chi connectivity index (χ0v) is 16.2. The first-order chi connectivity index (χ1) is 12.0. The van der Waals surface area contributed by atoms with E-state index >= 15 is 0 Å². The minimum absolute atomic E-state index is 0.379. The van der Waals surface area contributed by atoms with Crippen molar-refractivity contribution in [3.8, 4) is 0 Å². The van der Waals surface area contributed by atoms with Gasteiger partial charge in [0.15, 0.2) is 0 Å². The number of aromatic nitrogens is 2. The molecular weight excluding hydrogens is 336 g/mol. The zero-order chi connectivity index (χ0) is 17.6. The van der Waals surface area contributed by atoms with Crippen molar-refractivity contribution in [3.63, 3.8) is 0 Å². The monoisotopic (exact) mass is 366 g/mol. The number of hydrogen-bond donors (Lipinski definition) is 0. The molecule has 2 atom stereocenters. The van der Waals surface area contributed by atoms with Gasteiger partial charge < -0.3 is 0 Å². The Bertz CT molecular complexity index is 709. The van der Waals surface area contributed by atoms with Gasteiger partial charge in [0.25, 0.3) is 0 Å². The molecule has 4 rings (SSSR count). The fourth-order valence-electron chi connectivity index (χ4n) is 5.24. The predicted octanol–water partition coefficient (Wildman–Crippen LogP) is 2.00. The third-order valence-corrected chi connectivity index (χ3v) is 8.55. The molecule has 0 N–H and O–H groups in total. The molecular formula is C18H30N4O2S. The first-order valence-corrected chi connectivity index (χ1v) is 11.2. The molecule has 1 aromatic rings. The first kappa shape index (κ1) is 17.5. The Balaban J connectivity index is 1.58. The van der Waals surface area contributed by atoms with Gasteiger partial charge in [0.2, 0.25) is 10.0 Å².